The molecule has 4 rings (SSSR count). The fraction of sp³-hybridized carbons (Fsp3) is 0.343. The van der Waals surface area contributed by atoms with Crippen LogP contribution in [0.15, 0.2) is 40.3 Å². The molecule has 0 aliphatic carbocycles. The summed E-state index contributed by atoms with van der Waals surface area (Å²) in [4.78, 5) is 15.5. The topological polar surface area (TPSA) is 37.6 Å². The van der Waals surface area contributed by atoms with E-state index in [4.69, 9.17) is 35.2 Å². The molecular formula is C35H41Cl2FeN3. The van der Waals surface area contributed by atoms with E-state index < -0.39 is 0 Å². The summed E-state index contributed by atoms with van der Waals surface area (Å²) in [5, 5.41) is 2.25. The first-order valence-electron chi connectivity index (χ1n) is 13.8. The minimum absolute atomic E-state index is 0.194. The molecule has 3 nitrogen and oxygen atoms in total. The van der Waals surface area contributed by atoms with Gasteiger partial charge < -0.3 is 0 Å². The van der Waals surface area contributed by atoms with Crippen molar-refractivity contribution in [3.63, 3.8) is 0 Å². The molecule has 0 aliphatic heterocycles. The SMILES string of the molecule is CC(=Nc1c(C)c(C)c(C)c(C)c1C)c1cc2ccccc2c(C(C)=Nc2c(C)c(C)c(C)c(C)c2C)n1.[Cl][Fe][Cl]. The fourth-order valence-corrected chi connectivity index (χ4v) is 5.40. The zero-order valence-corrected chi connectivity index (χ0v) is 29.0. The van der Waals surface area contributed by atoms with Crippen molar-refractivity contribution in [2.45, 2.75) is 83.1 Å². The Morgan fingerprint density at radius 3 is 1.39 bits per heavy atom. The normalized spacial score (nSPS) is 12.1. The van der Waals surface area contributed by atoms with Crippen LogP contribution in [0.5, 0.6) is 0 Å². The summed E-state index contributed by atoms with van der Waals surface area (Å²) in [7, 11) is 9.53. The van der Waals surface area contributed by atoms with Gasteiger partial charge in [0.05, 0.1) is 34.2 Å². The number of rotatable bonds is 4. The Morgan fingerprint density at radius 1 is 0.585 bits per heavy atom. The molecule has 218 valence electrons. The number of nitrogens with zero attached hydrogens (tertiary/aromatic N) is 3. The van der Waals surface area contributed by atoms with Crippen molar-refractivity contribution in [2.24, 2.45) is 9.98 Å². The van der Waals surface area contributed by atoms with Gasteiger partial charge in [0.15, 0.2) is 0 Å². The van der Waals surface area contributed by atoms with E-state index in [1.165, 1.54) is 55.6 Å². The van der Waals surface area contributed by atoms with Gasteiger partial charge in [-0.15, -0.1) is 0 Å². The van der Waals surface area contributed by atoms with Crippen LogP contribution in [-0.4, -0.2) is 16.4 Å². The molecule has 0 atom stereocenters. The molecule has 0 N–H and O–H groups in total. The van der Waals surface area contributed by atoms with Crippen molar-refractivity contribution in [1.29, 1.82) is 0 Å². The van der Waals surface area contributed by atoms with Crippen LogP contribution in [0.3, 0.4) is 0 Å². The van der Waals surface area contributed by atoms with E-state index in [1.54, 1.807) is 0 Å². The van der Waals surface area contributed by atoms with Gasteiger partial charge >= 0.3 is 33.3 Å². The standard InChI is InChI=1S/C35H41N3.2ClH.Fe/c1-18-20(3)24(7)33(25(8)21(18)4)36-28(11)32-17-30-15-13-14-16-31(30)35(38-32)29(12)37-34-26(9)22(5)19(2)23(6)27(34)10;;;/h13-17H,1-12H3;2*1H;/q;;;+2/p-2. The van der Waals surface area contributed by atoms with Crippen LogP contribution in [0.1, 0.15) is 80.9 Å². The van der Waals surface area contributed by atoms with Crippen LogP contribution in [0, 0.1) is 69.2 Å². The monoisotopic (exact) mass is 629 g/mol. The Hall–Kier alpha value is -2.49. The van der Waals surface area contributed by atoms with E-state index >= 15 is 0 Å². The molecule has 0 saturated heterocycles. The summed E-state index contributed by atoms with van der Waals surface area (Å²) in [6.07, 6.45) is 0. The van der Waals surface area contributed by atoms with Crippen molar-refractivity contribution < 1.29 is 13.1 Å². The van der Waals surface area contributed by atoms with Crippen LogP contribution in [-0.2, 0) is 13.1 Å². The quantitative estimate of drug-likeness (QED) is 0.163. The zero-order chi connectivity index (χ0) is 30.8. The summed E-state index contributed by atoms with van der Waals surface area (Å²) in [5.41, 5.74) is 18.6. The first-order chi connectivity index (χ1) is 19.3. The molecule has 0 fully saturated rings. The number of hydrogen-bond donors (Lipinski definition) is 0. The van der Waals surface area contributed by atoms with Crippen LogP contribution >= 0.6 is 20.2 Å². The van der Waals surface area contributed by atoms with Gasteiger partial charge in [-0.25, -0.2) is 4.98 Å². The van der Waals surface area contributed by atoms with Gasteiger partial charge in [-0.1, -0.05) is 24.3 Å². The number of benzene rings is 3. The maximum atomic E-state index is 5.20. The number of hydrogen-bond acceptors (Lipinski definition) is 3. The van der Waals surface area contributed by atoms with Gasteiger partial charge in [-0.3, -0.25) is 9.98 Å². The summed E-state index contributed by atoms with van der Waals surface area (Å²) in [6, 6.07) is 10.6. The second kappa shape index (κ2) is 13.7. The third kappa shape index (κ3) is 6.62. The molecule has 1 heterocycles. The number of halogens is 2. The molecule has 0 saturated carbocycles. The average Bonchev–Trinajstić information content (AvgIpc) is 2.97. The molecule has 0 bridgehead atoms. The Bertz CT molecular complexity index is 1640. The Morgan fingerprint density at radius 2 is 0.951 bits per heavy atom. The predicted molar refractivity (Wildman–Crippen MR) is 177 cm³/mol. The van der Waals surface area contributed by atoms with E-state index in [2.05, 4.69) is 113 Å². The maximum absolute atomic E-state index is 5.20. The Labute approximate surface area is 261 Å². The van der Waals surface area contributed by atoms with Crippen molar-refractivity contribution >= 4 is 53.8 Å². The van der Waals surface area contributed by atoms with Crippen LogP contribution in [0.25, 0.3) is 10.8 Å². The summed E-state index contributed by atoms with van der Waals surface area (Å²) in [6.45, 7) is 26.0. The molecule has 0 aliphatic rings. The number of fused-ring (bicyclic) bond motifs is 1. The van der Waals surface area contributed by atoms with Crippen LogP contribution in [0.4, 0.5) is 11.4 Å². The first kappa shape index (κ1) is 33.0. The molecule has 4 aromatic rings. The van der Waals surface area contributed by atoms with Gasteiger partial charge in [0.25, 0.3) is 0 Å². The Balaban J connectivity index is 0.00000147. The molecule has 0 amide bonds. The molecule has 3 aromatic carbocycles. The van der Waals surface area contributed by atoms with E-state index in [9.17, 15) is 0 Å². The average molecular weight is 630 g/mol. The second-order valence-corrected chi connectivity index (χ2v) is 12.8. The fourth-order valence-electron chi connectivity index (χ4n) is 5.40. The van der Waals surface area contributed by atoms with Crippen molar-refractivity contribution in [1.82, 2.24) is 4.98 Å². The van der Waals surface area contributed by atoms with Gasteiger partial charge in [0, 0.05) is 5.39 Å². The van der Waals surface area contributed by atoms with Gasteiger partial charge in [-0.2, -0.15) is 0 Å². The molecule has 6 heteroatoms. The molecule has 0 radical (unpaired) electrons. The molecular weight excluding hydrogens is 589 g/mol. The van der Waals surface area contributed by atoms with Crippen LogP contribution < -0.4 is 0 Å². The number of pyridine rings is 1. The van der Waals surface area contributed by atoms with E-state index in [-0.39, 0.29) is 13.1 Å². The van der Waals surface area contributed by atoms with E-state index in [1.807, 2.05) is 0 Å². The predicted octanol–water partition coefficient (Wildman–Crippen LogP) is 11.0. The molecule has 0 unspecified atom stereocenters. The van der Waals surface area contributed by atoms with Gasteiger partial charge in [0.2, 0.25) is 0 Å². The van der Waals surface area contributed by atoms with E-state index in [0.717, 1.165) is 45.0 Å². The Kier molecular flexibility index (Phi) is 11.0. The van der Waals surface area contributed by atoms with Crippen molar-refractivity contribution in [3.05, 3.63) is 97.4 Å². The molecule has 0 spiro atoms. The van der Waals surface area contributed by atoms with E-state index in [0.29, 0.717) is 0 Å². The van der Waals surface area contributed by atoms with Crippen molar-refractivity contribution in [2.75, 3.05) is 0 Å². The zero-order valence-electron chi connectivity index (χ0n) is 26.3. The minimum atomic E-state index is 0.194. The third-order valence-electron chi connectivity index (χ3n) is 8.93. The summed E-state index contributed by atoms with van der Waals surface area (Å²) in [5.74, 6) is 0. The van der Waals surface area contributed by atoms with Gasteiger partial charge in [-0.05, 0) is 150 Å². The van der Waals surface area contributed by atoms with Crippen molar-refractivity contribution in [3.8, 4) is 0 Å². The first-order valence-corrected chi connectivity index (χ1v) is 16.8. The summed E-state index contributed by atoms with van der Waals surface area (Å²) >= 11 is 0.194. The number of aliphatic imine (C=N–C) groups is 2. The number of aromatic nitrogens is 1. The van der Waals surface area contributed by atoms with Crippen LogP contribution in [0.2, 0.25) is 0 Å². The third-order valence-corrected chi connectivity index (χ3v) is 8.93. The summed E-state index contributed by atoms with van der Waals surface area (Å²) < 4.78 is 0. The molecule has 41 heavy (non-hydrogen) atoms. The molecule has 1 aromatic heterocycles. The second-order valence-electron chi connectivity index (χ2n) is 11.0. The van der Waals surface area contributed by atoms with Gasteiger partial charge in [0.1, 0.15) is 0 Å².